The van der Waals surface area contributed by atoms with E-state index in [0.29, 0.717) is 12.1 Å². The first-order chi connectivity index (χ1) is 11.3. The minimum atomic E-state index is -1.13. The van der Waals surface area contributed by atoms with Crippen LogP contribution in [0.25, 0.3) is 11.0 Å². The Labute approximate surface area is 138 Å². The number of aromatic nitrogens is 3. The summed E-state index contributed by atoms with van der Waals surface area (Å²) in [4.78, 5) is 35.0. The number of aryl methyl sites for hydroxylation is 1. The van der Waals surface area contributed by atoms with Crippen LogP contribution >= 0.6 is 0 Å². The molecule has 0 bridgehead atoms. The summed E-state index contributed by atoms with van der Waals surface area (Å²) in [5.74, 6) is -1.79. The summed E-state index contributed by atoms with van der Waals surface area (Å²) < 4.78 is 6.93. The van der Waals surface area contributed by atoms with Gasteiger partial charge in [0.1, 0.15) is 5.52 Å². The zero-order valence-corrected chi connectivity index (χ0v) is 13.6. The molecule has 1 heterocycles. The van der Waals surface area contributed by atoms with Crippen LogP contribution in [0.15, 0.2) is 18.2 Å². The Kier molecular flexibility index (Phi) is 5.12. The number of benzene rings is 1. The van der Waals surface area contributed by atoms with Crippen molar-refractivity contribution >= 4 is 28.9 Å². The SMILES string of the molecule is CCn1nnc2cc(C(=O)OC(C(=O)NC(N)=O)C(C)C)ccc21. The maximum absolute atomic E-state index is 12.3. The molecule has 1 aromatic heterocycles. The molecule has 1 atom stereocenters. The summed E-state index contributed by atoms with van der Waals surface area (Å²) in [6.07, 6.45) is -1.13. The average molecular weight is 333 g/mol. The molecular formula is C15H19N5O4. The number of nitrogens with one attached hydrogen (secondary N) is 1. The summed E-state index contributed by atoms with van der Waals surface area (Å²) >= 11 is 0. The van der Waals surface area contributed by atoms with Crippen LogP contribution in [0.3, 0.4) is 0 Å². The van der Waals surface area contributed by atoms with Gasteiger partial charge in [-0.1, -0.05) is 19.1 Å². The standard InChI is InChI=1S/C15H19N5O4/c1-4-20-11-6-5-9(7-10(11)18-19-20)14(22)24-12(8(2)3)13(21)17-15(16)23/h5-8,12H,4H2,1-3H3,(H3,16,17,21,23). The Hall–Kier alpha value is -2.97. The van der Waals surface area contributed by atoms with Crippen LogP contribution in [-0.2, 0) is 16.1 Å². The van der Waals surface area contributed by atoms with E-state index in [0.717, 1.165) is 5.52 Å². The zero-order chi connectivity index (χ0) is 17.9. The number of hydrogen-bond donors (Lipinski definition) is 2. The highest BCUT2D eigenvalue weighted by Gasteiger charge is 2.28. The monoisotopic (exact) mass is 333 g/mol. The van der Waals surface area contributed by atoms with Gasteiger partial charge in [0, 0.05) is 6.54 Å². The van der Waals surface area contributed by atoms with Gasteiger partial charge in [-0.15, -0.1) is 5.10 Å². The number of nitrogens with zero attached hydrogens (tertiary/aromatic N) is 3. The lowest BCUT2D eigenvalue weighted by Gasteiger charge is -2.19. The van der Waals surface area contributed by atoms with Crippen LogP contribution in [0.4, 0.5) is 4.79 Å². The van der Waals surface area contributed by atoms with Gasteiger partial charge in [0.2, 0.25) is 0 Å². The maximum Gasteiger partial charge on any atom is 0.339 e. The van der Waals surface area contributed by atoms with Crippen molar-refractivity contribution in [2.24, 2.45) is 11.7 Å². The Bertz CT molecular complexity index is 783. The molecule has 3 amide bonds. The molecule has 0 spiro atoms. The second-order valence-electron chi connectivity index (χ2n) is 5.53. The lowest BCUT2D eigenvalue weighted by atomic mass is 10.1. The number of primary amides is 1. The molecule has 24 heavy (non-hydrogen) atoms. The van der Waals surface area contributed by atoms with E-state index in [-0.39, 0.29) is 11.5 Å². The molecule has 3 N–H and O–H groups in total. The summed E-state index contributed by atoms with van der Waals surface area (Å²) in [6, 6.07) is 3.83. The highest BCUT2D eigenvalue weighted by atomic mass is 16.5. The number of ether oxygens (including phenoxy) is 1. The number of amides is 3. The van der Waals surface area contributed by atoms with Crippen molar-refractivity contribution in [1.82, 2.24) is 20.3 Å². The van der Waals surface area contributed by atoms with Crippen molar-refractivity contribution in [1.29, 1.82) is 0 Å². The first kappa shape index (κ1) is 17.4. The zero-order valence-electron chi connectivity index (χ0n) is 13.6. The first-order valence-electron chi connectivity index (χ1n) is 7.48. The van der Waals surface area contributed by atoms with E-state index in [1.165, 1.54) is 0 Å². The number of fused-ring (bicyclic) bond motifs is 1. The van der Waals surface area contributed by atoms with E-state index < -0.39 is 24.0 Å². The van der Waals surface area contributed by atoms with Gasteiger partial charge in [-0.2, -0.15) is 0 Å². The predicted molar refractivity (Wildman–Crippen MR) is 85.0 cm³/mol. The van der Waals surface area contributed by atoms with Gasteiger partial charge in [-0.25, -0.2) is 14.3 Å². The van der Waals surface area contributed by atoms with Crippen LogP contribution < -0.4 is 11.1 Å². The summed E-state index contributed by atoms with van der Waals surface area (Å²) in [5, 5.41) is 9.87. The molecule has 0 aliphatic rings. The molecule has 0 radical (unpaired) electrons. The van der Waals surface area contributed by atoms with Gasteiger partial charge in [-0.3, -0.25) is 10.1 Å². The van der Waals surface area contributed by atoms with E-state index >= 15 is 0 Å². The average Bonchev–Trinajstić information content (AvgIpc) is 2.93. The van der Waals surface area contributed by atoms with Crippen LogP contribution in [0, 0.1) is 5.92 Å². The van der Waals surface area contributed by atoms with Crippen molar-refractivity contribution in [2.75, 3.05) is 0 Å². The highest BCUT2D eigenvalue weighted by Crippen LogP contribution is 2.16. The lowest BCUT2D eigenvalue weighted by molar-refractivity contribution is -0.130. The minimum Gasteiger partial charge on any atom is -0.448 e. The third kappa shape index (κ3) is 3.67. The summed E-state index contributed by atoms with van der Waals surface area (Å²) in [7, 11) is 0. The summed E-state index contributed by atoms with van der Waals surface area (Å²) in [6.45, 7) is 5.97. The topological polar surface area (TPSA) is 129 Å². The predicted octanol–water partition coefficient (Wildman–Crippen LogP) is 0.828. The largest absolute Gasteiger partial charge is 0.448 e. The molecule has 128 valence electrons. The number of esters is 1. The molecule has 2 rings (SSSR count). The van der Waals surface area contributed by atoms with Crippen molar-refractivity contribution in [3.63, 3.8) is 0 Å². The third-order valence-electron chi connectivity index (χ3n) is 3.39. The van der Waals surface area contributed by atoms with Gasteiger partial charge < -0.3 is 10.5 Å². The molecule has 2 aromatic rings. The molecule has 9 nitrogen and oxygen atoms in total. The van der Waals surface area contributed by atoms with Crippen LogP contribution in [0.5, 0.6) is 0 Å². The first-order valence-corrected chi connectivity index (χ1v) is 7.48. The maximum atomic E-state index is 12.3. The molecular weight excluding hydrogens is 314 g/mol. The minimum absolute atomic E-state index is 0.239. The fourth-order valence-electron chi connectivity index (χ4n) is 2.20. The molecule has 9 heteroatoms. The number of carbonyl (C=O) groups excluding carboxylic acids is 3. The second kappa shape index (κ2) is 7.07. The molecule has 0 aliphatic heterocycles. The highest BCUT2D eigenvalue weighted by molar-refractivity contribution is 5.99. The number of nitrogens with two attached hydrogens (primary N) is 1. The van der Waals surface area contributed by atoms with E-state index in [1.807, 2.05) is 12.2 Å². The number of hydrogen-bond acceptors (Lipinski definition) is 6. The molecule has 1 aromatic carbocycles. The second-order valence-corrected chi connectivity index (χ2v) is 5.53. The van der Waals surface area contributed by atoms with Crippen LogP contribution in [0.2, 0.25) is 0 Å². The van der Waals surface area contributed by atoms with Crippen LogP contribution in [0.1, 0.15) is 31.1 Å². The normalized spacial score (nSPS) is 12.2. The lowest BCUT2D eigenvalue weighted by Crippen LogP contribution is -2.45. The molecule has 0 saturated heterocycles. The Morgan fingerprint density at radius 3 is 2.62 bits per heavy atom. The van der Waals surface area contributed by atoms with Crippen molar-refractivity contribution < 1.29 is 19.1 Å². The van der Waals surface area contributed by atoms with Gasteiger partial charge >= 0.3 is 12.0 Å². The van der Waals surface area contributed by atoms with E-state index in [9.17, 15) is 14.4 Å². The number of urea groups is 1. The van der Waals surface area contributed by atoms with Crippen molar-refractivity contribution in [3.05, 3.63) is 23.8 Å². The van der Waals surface area contributed by atoms with Gasteiger partial charge in [0.15, 0.2) is 6.10 Å². The third-order valence-corrected chi connectivity index (χ3v) is 3.39. The van der Waals surface area contributed by atoms with Gasteiger partial charge in [-0.05, 0) is 31.0 Å². The van der Waals surface area contributed by atoms with E-state index in [2.05, 4.69) is 10.3 Å². The molecule has 0 fully saturated rings. The Balaban J connectivity index is 2.20. The van der Waals surface area contributed by atoms with Crippen LogP contribution in [-0.4, -0.2) is 39.0 Å². The van der Waals surface area contributed by atoms with E-state index in [1.54, 1.807) is 36.7 Å². The van der Waals surface area contributed by atoms with Gasteiger partial charge in [0.05, 0.1) is 11.1 Å². The van der Waals surface area contributed by atoms with Crippen molar-refractivity contribution in [3.8, 4) is 0 Å². The Morgan fingerprint density at radius 1 is 1.33 bits per heavy atom. The molecule has 1 unspecified atom stereocenters. The fourth-order valence-corrected chi connectivity index (χ4v) is 2.20. The molecule has 0 aliphatic carbocycles. The van der Waals surface area contributed by atoms with E-state index in [4.69, 9.17) is 10.5 Å². The van der Waals surface area contributed by atoms with Crippen molar-refractivity contribution in [2.45, 2.75) is 33.4 Å². The number of carbonyl (C=O) groups is 3. The fraction of sp³-hybridized carbons (Fsp3) is 0.400. The quantitative estimate of drug-likeness (QED) is 0.780. The summed E-state index contributed by atoms with van der Waals surface area (Å²) in [5.41, 5.74) is 6.50. The smallest absolute Gasteiger partial charge is 0.339 e. The number of rotatable bonds is 5. The molecule has 0 saturated carbocycles. The Morgan fingerprint density at radius 2 is 2.04 bits per heavy atom. The van der Waals surface area contributed by atoms with Gasteiger partial charge in [0.25, 0.3) is 5.91 Å². The number of imide groups is 1.